The van der Waals surface area contributed by atoms with E-state index in [4.69, 9.17) is 22.4 Å². The minimum atomic E-state index is -0.979. The van der Waals surface area contributed by atoms with E-state index >= 15 is 0 Å². The van der Waals surface area contributed by atoms with Crippen LogP contribution in [0.4, 0.5) is 5.69 Å². The molecule has 1 aromatic carbocycles. The molecule has 1 rings (SSSR count). The van der Waals surface area contributed by atoms with Crippen LogP contribution in [-0.2, 0) is 0 Å². The van der Waals surface area contributed by atoms with Crippen molar-refractivity contribution in [2.45, 2.75) is 6.42 Å². The van der Waals surface area contributed by atoms with E-state index in [1.807, 2.05) is 6.08 Å². The Balaban J connectivity index is 3.07. The first kappa shape index (κ1) is 11.6. The van der Waals surface area contributed by atoms with Crippen molar-refractivity contribution < 1.29 is 9.90 Å². The summed E-state index contributed by atoms with van der Waals surface area (Å²) in [6, 6.07) is 4.82. The van der Waals surface area contributed by atoms with Gasteiger partial charge in [0.15, 0.2) is 0 Å². The maximum Gasteiger partial charge on any atom is 0.336 e. The zero-order chi connectivity index (χ0) is 11.3. The predicted molar refractivity (Wildman–Crippen MR) is 62.2 cm³/mol. The van der Waals surface area contributed by atoms with Crippen molar-refractivity contribution in [3.63, 3.8) is 0 Å². The number of carboxylic acids is 1. The van der Waals surface area contributed by atoms with Crippen LogP contribution in [-0.4, -0.2) is 17.0 Å². The monoisotopic (exact) mass is 225 g/mol. The molecule has 0 aromatic heterocycles. The van der Waals surface area contributed by atoms with Crippen molar-refractivity contribution in [3.05, 3.63) is 35.4 Å². The summed E-state index contributed by atoms with van der Waals surface area (Å²) < 4.78 is 0. The lowest BCUT2D eigenvalue weighted by atomic mass is 10.0. The molecule has 0 heterocycles. The van der Waals surface area contributed by atoms with Crippen LogP contribution >= 0.6 is 11.6 Å². The van der Waals surface area contributed by atoms with Crippen LogP contribution in [0, 0.1) is 0 Å². The number of benzene rings is 1. The Morgan fingerprint density at radius 3 is 2.87 bits per heavy atom. The summed E-state index contributed by atoms with van der Waals surface area (Å²) >= 11 is 5.51. The maximum absolute atomic E-state index is 10.9. The lowest BCUT2D eigenvalue weighted by Gasteiger charge is -2.04. The van der Waals surface area contributed by atoms with Gasteiger partial charge in [0, 0.05) is 17.1 Å². The number of halogens is 1. The molecule has 0 unspecified atom stereocenters. The Kier molecular flexibility index (Phi) is 4.18. The van der Waals surface area contributed by atoms with Crippen molar-refractivity contribution >= 4 is 29.3 Å². The molecule has 3 nitrogen and oxygen atoms in total. The molecule has 0 radical (unpaired) electrons. The number of hydrogen-bond donors (Lipinski definition) is 2. The minimum Gasteiger partial charge on any atom is -0.478 e. The second kappa shape index (κ2) is 5.41. The number of nitrogens with two attached hydrogens (primary N) is 1. The second-order valence-corrected chi connectivity index (χ2v) is 3.37. The molecule has 0 aliphatic heterocycles. The van der Waals surface area contributed by atoms with Crippen LogP contribution in [0.3, 0.4) is 0 Å². The Morgan fingerprint density at radius 1 is 1.53 bits per heavy atom. The van der Waals surface area contributed by atoms with Gasteiger partial charge in [-0.1, -0.05) is 18.2 Å². The molecule has 1 aromatic rings. The summed E-state index contributed by atoms with van der Waals surface area (Å²) in [4.78, 5) is 10.9. The molecule has 4 heteroatoms. The number of nitrogen functional groups attached to an aromatic ring is 1. The van der Waals surface area contributed by atoms with Crippen molar-refractivity contribution in [1.29, 1.82) is 0 Å². The summed E-state index contributed by atoms with van der Waals surface area (Å²) in [6.07, 6.45) is 4.20. The highest BCUT2D eigenvalue weighted by Crippen LogP contribution is 2.19. The Labute approximate surface area is 93.2 Å². The van der Waals surface area contributed by atoms with E-state index in [0.717, 1.165) is 0 Å². The lowest BCUT2D eigenvalue weighted by Crippen LogP contribution is -2.02. The summed E-state index contributed by atoms with van der Waals surface area (Å²) in [7, 11) is 0. The number of carboxylic acid groups (broad SMARTS) is 1. The number of aromatic carboxylic acids is 1. The highest BCUT2D eigenvalue weighted by molar-refractivity contribution is 6.17. The molecule has 80 valence electrons. The fraction of sp³-hybridized carbons (Fsp3) is 0.182. The third-order valence-electron chi connectivity index (χ3n) is 1.93. The fourth-order valence-electron chi connectivity index (χ4n) is 1.22. The van der Waals surface area contributed by atoms with Gasteiger partial charge in [-0.3, -0.25) is 0 Å². The molecule has 0 aliphatic rings. The van der Waals surface area contributed by atoms with Crippen LogP contribution in [0.15, 0.2) is 24.3 Å². The molecule has 0 bridgehead atoms. The maximum atomic E-state index is 10.9. The molecule has 0 saturated heterocycles. The number of hydrogen-bond acceptors (Lipinski definition) is 2. The van der Waals surface area contributed by atoms with Crippen molar-refractivity contribution in [2.24, 2.45) is 0 Å². The summed E-state index contributed by atoms with van der Waals surface area (Å²) in [5.74, 6) is -0.473. The van der Waals surface area contributed by atoms with Crippen LogP contribution in [0.1, 0.15) is 22.3 Å². The Morgan fingerprint density at radius 2 is 2.27 bits per heavy atom. The van der Waals surface area contributed by atoms with E-state index in [1.165, 1.54) is 6.07 Å². The van der Waals surface area contributed by atoms with Gasteiger partial charge in [-0.05, 0) is 18.6 Å². The largest absolute Gasteiger partial charge is 0.478 e. The number of allylic oxidation sites excluding steroid dienone is 1. The fourth-order valence-corrected chi connectivity index (χ4v) is 1.35. The topological polar surface area (TPSA) is 63.3 Å². The minimum absolute atomic E-state index is 0.209. The average Bonchev–Trinajstić information content (AvgIpc) is 2.20. The third-order valence-corrected chi connectivity index (χ3v) is 2.15. The molecular formula is C11H12ClNO2. The van der Waals surface area contributed by atoms with Crippen LogP contribution < -0.4 is 5.73 Å². The predicted octanol–water partition coefficient (Wildman–Crippen LogP) is 2.61. The molecular weight excluding hydrogens is 214 g/mol. The molecule has 0 atom stereocenters. The average molecular weight is 226 g/mol. The normalized spacial score (nSPS) is 10.7. The van der Waals surface area contributed by atoms with Gasteiger partial charge < -0.3 is 10.8 Å². The van der Waals surface area contributed by atoms with Crippen LogP contribution in [0.2, 0.25) is 0 Å². The van der Waals surface area contributed by atoms with Gasteiger partial charge in [0.25, 0.3) is 0 Å². The van der Waals surface area contributed by atoms with Gasteiger partial charge in [0.1, 0.15) is 0 Å². The molecule has 0 spiro atoms. The molecule has 0 aliphatic carbocycles. The number of alkyl halides is 1. The zero-order valence-corrected chi connectivity index (χ0v) is 8.87. The van der Waals surface area contributed by atoms with Gasteiger partial charge in [-0.2, -0.15) is 0 Å². The van der Waals surface area contributed by atoms with Gasteiger partial charge in [-0.25, -0.2) is 4.79 Å². The standard InChI is InChI=1S/C11H12ClNO2/c12-7-2-1-4-8-9(11(14)15)5-3-6-10(8)13/h1,3-6H,2,7,13H2,(H,14,15). The van der Waals surface area contributed by atoms with Crippen molar-refractivity contribution in [3.8, 4) is 0 Å². The highest BCUT2D eigenvalue weighted by atomic mass is 35.5. The van der Waals surface area contributed by atoms with E-state index in [9.17, 15) is 4.79 Å². The van der Waals surface area contributed by atoms with E-state index in [0.29, 0.717) is 23.6 Å². The van der Waals surface area contributed by atoms with E-state index in [-0.39, 0.29) is 5.56 Å². The van der Waals surface area contributed by atoms with Crippen molar-refractivity contribution in [2.75, 3.05) is 11.6 Å². The van der Waals surface area contributed by atoms with E-state index < -0.39 is 5.97 Å². The van der Waals surface area contributed by atoms with Gasteiger partial charge >= 0.3 is 5.97 Å². The Bertz CT molecular complexity index is 388. The first-order valence-electron chi connectivity index (χ1n) is 4.51. The second-order valence-electron chi connectivity index (χ2n) is 2.99. The molecule has 0 fully saturated rings. The smallest absolute Gasteiger partial charge is 0.336 e. The highest BCUT2D eigenvalue weighted by Gasteiger charge is 2.09. The number of rotatable bonds is 4. The summed E-state index contributed by atoms with van der Waals surface area (Å²) in [6.45, 7) is 0. The SMILES string of the molecule is Nc1cccc(C(=O)O)c1C=CCCCl. The number of carbonyl (C=O) groups is 1. The van der Waals surface area contributed by atoms with Gasteiger partial charge in [0.2, 0.25) is 0 Å². The van der Waals surface area contributed by atoms with Crippen LogP contribution in [0.25, 0.3) is 6.08 Å². The van der Waals surface area contributed by atoms with Gasteiger partial charge in [0.05, 0.1) is 5.56 Å². The molecule has 3 N–H and O–H groups in total. The Hall–Kier alpha value is -1.48. The number of anilines is 1. The first-order chi connectivity index (χ1) is 7.16. The van der Waals surface area contributed by atoms with Crippen LogP contribution in [0.5, 0.6) is 0 Å². The molecule has 0 amide bonds. The van der Waals surface area contributed by atoms with Crippen molar-refractivity contribution in [1.82, 2.24) is 0 Å². The summed E-state index contributed by atoms with van der Waals surface area (Å²) in [5.41, 5.74) is 6.90. The molecule has 15 heavy (non-hydrogen) atoms. The van der Waals surface area contributed by atoms with E-state index in [1.54, 1.807) is 18.2 Å². The van der Waals surface area contributed by atoms with Gasteiger partial charge in [-0.15, -0.1) is 11.6 Å². The quantitative estimate of drug-likeness (QED) is 0.612. The van der Waals surface area contributed by atoms with E-state index in [2.05, 4.69) is 0 Å². The summed E-state index contributed by atoms with van der Waals surface area (Å²) in [5, 5.41) is 8.93. The third kappa shape index (κ3) is 2.99. The zero-order valence-electron chi connectivity index (χ0n) is 8.11. The molecule has 0 saturated carbocycles. The first-order valence-corrected chi connectivity index (χ1v) is 5.04. The lowest BCUT2D eigenvalue weighted by molar-refractivity contribution is 0.0696.